The van der Waals surface area contributed by atoms with E-state index >= 15 is 0 Å². The SMILES string of the molecule is CC(C)c1nc(CN(C)C(=O)N[C@@H](CCN2CCOCC2)C(=O)N[C@@H](N)CC[C@@H](NC(=O)OCc2cncs2)Nc2ccccc2)cs1. The van der Waals surface area contributed by atoms with Crippen molar-refractivity contribution in [3.05, 3.63) is 63.0 Å². The van der Waals surface area contributed by atoms with Crippen LogP contribution in [0.2, 0.25) is 0 Å². The highest BCUT2D eigenvalue weighted by Crippen LogP contribution is 2.20. The molecule has 0 bridgehead atoms. The second-order valence-corrected chi connectivity index (χ2v) is 13.7. The van der Waals surface area contributed by atoms with Crippen LogP contribution >= 0.6 is 22.7 Å². The quantitative estimate of drug-likeness (QED) is 0.131. The normalized spacial score (nSPS) is 15.3. The predicted molar refractivity (Wildman–Crippen MR) is 187 cm³/mol. The number of anilines is 1. The summed E-state index contributed by atoms with van der Waals surface area (Å²) in [6, 6.07) is 8.25. The zero-order valence-corrected chi connectivity index (χ0v) is 29.4. The lowest BCUT2D eigenvalue weighted by atomic mass is 10.1. The summed E-state index contributed by atoms with van der Waals surface area (Å²) >= 11 is 2.97. The number of amides is 4. The first-order valence-corrected chi connectivity index (χ1v) is 17.9. The van der Waals surface area contributed by atoms with Crippen molar-refractivity contribution in [3.63, 3.8) is 0 Å². The zero-order valence-electron chi connectivity index (χ0n) is 27.7. The Hall–Kier alpha value is -3.83. The molecule has 0 unspecified atom stereocenters. The molecule has 3 aromatic rings. The van der Waals surface area contributed by atoms with Crippen LogP contribution in [-0.2, 0) is 27.4 Å². The molecule has 1 aliphatic heterocycles. The molecule has 16 heteroatoms. The Kier molecular flexibility index (Phi) is 14.8. The van der Waals surface area contributed by atoms with Gasteiger partial charge in [0.2, 0.25) is 5.91 Å². The molecule has 1 aliphatic rings. The number of hydrogen-bond donors (Lipinski definition) is 5. The first-order valence-electron chi connectivity index (χ1n) is 16.1. The number of benzene rings is 1. The van der Waals surface area contributed by atoms with E-state index in [1.807, 2.05) is 35.7 Å². The van der Waals surface area contributed by atoms with Gasteiger partial charge in [0.25, 0.3) is 0 Å². The van der Waals surface area contributed by atoms with Gasteiger partial charge < -0.3 is 41.4 Å². The molecule has 48 heavy (non-hydrogen) atoms. The Bertz CT molecular complexity index is 1400. The van der Waals surface area contributed by atoms with E-state index in [0.717, 1.165) is 34.4 Å². The lowest BCUT2D eigenvalue weighted by molar-refractivity contribution is -0.124. The molecule has 2 aromatic heterocycles. The van der Waals surface area contributed by atoms with Crippen LogP contribution in [-0.4, -0.2) is 96.1 Å². The van der Waals surface area contributed by atoms with Crippen LogP contribution in [0.25, 0.3) is 0 Å². The minimum atomic E-state index is -0.811. The first kappa shape index (κ1) is 37.0. The van der Waals surface area contributed by atoms with E-state index in [0.29, 0.717) is 51.5 Å². The van der Waals surface area contributed by atoms with Gasteiger partial charge in [0, 0.05) is 49.9 Å². The molecule has 0 aliphatic carbocycles. The Labute approximate surface area is 289 Å². The number of carbonyl (C=O) groups is 3. The minimum Gasteiger partial charge on any atom is -0.444 e. The summed E-state index contributed by atoms with van der Waals surface area (Å²) in [7, 11) is 1.68. The molecular weight excluding hydrogens is 655 g/mol. The molecule has 1 saturated heterocycles. The van der Waals surface area contributed by atoms with Crippen molar-refractivity contribution in [2.75, 3.05) is 45.2 Å². The highest BCUT2D eigenvalue weighted by Gasteiger charge is 2.26. The molecule has 0 saturated carbocycles. The molecule has 6 N–H and O–H groups in total. The Morgan fingerprint density at radius 2 is 1.83 bits per heavy atom. The minimum absolute atomic E-state index is 0.111. The average Bonchev–Trinajstić information content (AvgIpc) is 3.78. The Morgan fingerprint density at radius 3 is 2.52 bits per heavy atom. The summed E-state index contributed by atoms with van der Waals surface area (Å²) in [5.41, 5.74) is 9.68. The fourth-order valence-corrected chi connectivity index (χ4v) is 6.22. The maximum absolute atomic E-state index is 13.5. The van der Waals surface area contributed by atoms with Crippen LogP contribution in [0.3, 0.4) is 0 Å². The van der Waals surface area contributed by atoms with Crippen molar-refractivity contribution in [1.29, 1.82) is 0 Å². The topological polar surface area (TPSA) is 176 Å². The van der Waals surface area contributed by atoms with E-state index in [9.17, 15) is 14.4 Å². The number of ether oxygens (including phenoxy) is 2. The summed E-state index contributed by atoms with van der Waals surface area (Å²) in [5, 5.41) is 14.9. The van der Waals surface area contributed by atoms with Gasteiger partial charge in [0.1, 0.15) is 18.8 Å². The molecule has 0 radical (unpaired) electrons. The molecule has 0 spiro atoms. The van der Waals surface area contributed by atoms with Crippen LogP contribution in [0.4, 0.5) is 15.3 Å². The van der Waals surface area contributed by atoms with E-state index in [1.54, 1.807) is 30.1 Å². The molecular formula is C32H47N9O5S2. The van der Waals surface area contributed by atoms with Gasteiger partial charge >= 0.3 is 12.1 Å². The highest BCUT2D eigenvalue weighted by molar-refractivity contribution is 7.09. The van der Waals surface area contributed by atoms with Gasteiger partial charge in [-0.05, 0) is 31.4 Å². The van der Waals surface area contributed by atoms with Crippen LogP contribution in [0, 0.1) is 0 Å². The first-order chi connectivity index (χ1) is 23.2. The van der Waals surface area contributed by atoms with Crippen LogP contribution in [0.1, 0.15) is 54.6 Å². The fraction of sp³-hybridized carbons (Fsp3) is 0.531. The summed E-state index contributed by atoms with van der Waals surface area (Å²) in [5.74, 6) is -0.0682. The second kappa shape index (κ2) is 19.2. The van der Waals surface area contributed by atoms with Gasteiger partial charge in [-0.3, -0.25) is 14.7 Å². The number of nitrogens with zero attached hydrogens (tertiary/aromatic N) is 4. The summed E-state index contributed by atoms with van der Waals surface area (Å²) in [6.07, 6.45) is 0.898. The van der Waals surface area contributed by atoms with Gasteiger partial charge in [-0.1, -0.05) is 32.0 Å². The summed E-state index contributed by atoms with van der Waals surface area (Å²) in [6.45, 7) is 8.00. The number of alkyl carbamates (subject to hydrolysis) is 1. The third-order valence-electron chi connectivity index (χ3n) is 7.59. The van der Waals surface area contributed by atoms with E-state index < -0.39 is 24.5 Å². The number of rotatable bonds is 17. The number of carbonyl (C=O) groups excluding carboxylic acids is 3. The molecule has 4 amide bonds. The monoisotopic (exact) mass is 701 g/mol. The van der Waals surface area contributed by atoms with Crippen molar-refractivity contribution < 1.29 is 23.9 Å². The zero-order chi connectivity index (χ0) is 34.3. The van der Waals surface area contributed by atoms with E-state index in [1.165, 1.54) is 16.2 Å². The molecule has 262 valence electrons. The molecule has 1 aromatic carbocycles. The fourth-order valence-electron chi connectivity index (χ4n) is 4.89. The molecule has 4 rings (SSSR count). The number of aromatic nitrogens is 2. The highest BCUT2D eigenvalue weighted by atomic mass is 32.1. The Balaban J connectivity index is 1.33. The van der Waals surface area contributed by atoms with Crippen molar-refractivity contribution in [3.8, 4) is 0 Å². The maximum atomic E-state index is 13.5. The number of urea groups is 1. The van der Waals surface area contributed by atoms with Crippen LogP contribution < -0.4 is 27.0 Å². The van der Waals surface area contributed by atoms with Gasteiger partial charge in [-0.2, -0.15) is 0 Å². The van der Waals surface area contributed by atoms with Crippen molar-refractivity contribution in [2.24, 2.45) is 5.73 Å². The van der Waals surface area contributed by atoms with Gasteiger partial charge in [0.15, 0.2) is 0 Å². The summed E-state index contributed by atoms with van der Waals surface area (Å²) < 4.78 is 10.8. The van der Waals surface area contributed by atoms with Crippen molar-refractivity contribution >= 4 is 46.4 Å². The van der Waals surface area contributed by atoms with E-state index in [-0.39, 0.29) is 18.5 Å². The Morgan fingerprint density at radius 1 is 1.06 bits per heavy atom. The summed E-state index contributed by atoms with van der Waals surface area (Å²) in [4.78, 5) is 52.6. The molecule has 1 fully saturated rings. The number of morpholine rings is 1. The molecule has 14 nitrogen and oxygen atoms in total. The lowest BCUT2D eigenvalue weighted by Gasteiger charge is -2.29. The lowest BCUT2D eigenvalue weighted by Crippen LogP contribution is -2.55. The number of thiazole rings is 2. The third kappa shape index (κ3) is 12.6. The van der Waals surface area contributed by atoms with E-state index in [4.69, 9.17) is 15.2 Å². The largest absolute Gasteiger partial charge is 0.444 e. The molecule has 3 atom stereocenters. The number of hydrogen-bond acceptors (Lipinski definition) is 12. The van der Waals surface area contributed by atoms with Crippen molar-refractivity contribution in [1.82, 2.24) is 35.7 Å². The van der Waals surface area contributed by atoms with Gasteiger partial charge in [-0.15, -0.1) is 22.7 Å². The number of para-hydroxylation sites is 1. The van der Waals surface area contributed by atoms with Crippen LogP contribution in [0.15, 0.2) is 47.4 Å². The average molecular weight is 702 g/mol. The standard InChI is InChI=1S/C32H47N9O5S2/c1-22(2)30-36-24(20-47-30)18-40(3)31(43)37-26(11-12-41-13-15-45-16-14-41)29(42)38-27(33)9-10-28(35-23-7-5-4-6-8-23)39-32(44)46-19-25-17-34-21-48-25/h4-8,17,20-22,26-28,35H,9-16,18-19,33H2,1-3H3,(H,37,43)(H,38,42)(H,39,44)/t26-,27+,28+/m0/s1. The molecule has 3 heterocycles. The smallest absolute Gasteiger partial charge is 0.409 e. The second-order valence-electron chi connectivity index (χ2n) is 11.9. The van der Waals surface area contributed by atoms with E-state index in [2.05, 4.69) is 50.0 Å². The van der Waals surface area contributed by atoms with Crippen LogP contribution in [0.5, 0.6) is 0 Å². The van der Waals surface area contributed by atoms with Gasteiger partial charge in [-0.25, -0.2) is 14.6 Å². The van der Waals surface area contributed by atoms with Gasteiger partial charge in [0.05, 0.1) is 47.0 Å². The van der Waals surface area contributed by atoms with Crippen molar-refractivity contribution in [2.45, 2.75) is 70.6 Å². The third-order valence-corrected chi connectivity index (χ3v) is 9.54. The number of nitrogens with two attached hydrogens (primary N) is 1. The number of nitrogens with one attached hydrogen (secondary N) is 4. The maximum Gasteiger partial charge on any atom is 0.409 e. The predicted octanol–water partition coefficient (Wildman–Crippen LogP) is 3.50.